The first-order valence-electron chi connectivity index (χ1n) is 9.67. The number of rotatable bonds is 6. The molecule has 0 radical (unpaired) electrons. The molecule has 5 heteroatoms. The molecule has 4 rings (SSSR count). The topological polar surface area (TPSA) is 52.7 Å². The molecule has 5 nitrogen and oxygen atoms in total. The summed E-state index contributed by atoms with van der Waals surface area (Å²) < 4.78 is 0. The maximum atomic E-state index is 12.5. The Kier molecular flexibility index (Phi) is 5.10. The van der Waals surface area contributed by atoms with Gasteiger partial charge in [0.15, 0.2) is 0 Å². The highest BCUT2D eigenvalue weighted by Gasteiger charge is 2.30. The highest BCUT2D eigenvalue weighted by molar-refractivity contribution is 5.94. The Morgan fingerprint density at radius 3 is 2.59 bits per heavy atom. The van der Waals surface area contributed by atoms with Crippen LogP contribution >= 0.6 is 0 Å². The summed E-state index contributed by atoms with van der Waals surface area (Å²) in [4.78, 5) is 28.5. The van der Waals surface area contributed by atoms with Crippen molar-refractivity contribution >= 4 is 23.2 Å². The van der Waals surface area contributed by atoms with Gasteiger partial charge in [-0.15, -0.1) is 0 Å². The van der Waals surface area contributed by atoms with Crippen molar-refractivity contribution in [1.82, 2.24) is 4.90 Å². The SMILES string of the molecule is O=C(CN1CC(CCN2CCCC2=O)c2ccccc21)Nc1ccccc1. The predicted molar refractivity (Wildman–Crippen MR) is 107 cm³/mol. The second-order valence-electron chi connectivity index (χ2n) is 7.32. The first-order valence-corrected chi connectivity index (χ1v) is 9.67. The third-order valence-corrected chi connectivity index (χ3v) is 5.47. The molecular formula is C22H25N3O2. The van der Waals surface area contributed by atoms with Crippen LogP contribution in [0.5, 0.6) is 0 Å². The fraction of sp³-hybridized carbons (Fsp3) is 0.364. The Balaban J connectivity index is 1.40. The van der Waals surface area contributed by atoms with E-state index in [1.807, 2.05) is 41.3 Å². The zero-order valence-electron chi connectivity index (χ0n) is 15.4. The van der Waals surface area contributed by atoms with Crippen LogP contribution in [0, 0.1) is 0 Å². The van der Waals surface area contributed by atoms with Crippen LogP contribution in [0.1, 0.15) is 30.7 Å². The molecule has 2 aliphatic heterocycles. The molecular weight excluding hydrogens is 338 g/mol. The van der Waals surface area contributed by atoms with Gasteiger partial charge < -0.3 is 15.1 Å². The Morgan fingerprint density at radius 1 is 1.04 bits per heavy atom. The van der Waals surface area contributed by atoms with E-state index in [1.165, 1.54) is 5.56 Å². The molecule has 2 aromatic carbocycles. The van der Waals surface area contributed by atoms with Crippen LogP contribution in [0.4, 0.5) is 11.4 Å². The van der Waals surface area contributed by atoms with Crippen molar-refractivity contribution in [3.8, 4) is 0 Å². The average molecular weight is 363 g/mol. The number of amides is 2. The average Bonchev–Trinajstić information content (AvgIpc) is 3.24. The van der Waals surface area contributed by atoms with Gasteiger partial charge >= 0.3 is 0 Å². The largest absolute Gasteiger partial charge is 0.361 e. The van der Waals surface area contributed by atoms with Gasteiger partial charge in [-0.05, 0) is 36.6 Å². The minimum absolute atomic E-state index is 0.00799. The molecule has 2 amide bonds. The van der Waals surface area contributed by atoms with Crippen LogP contribution in [-0.2, 0) is 9.59 Å². The third-order valence-electron chi connectivity index (χ3n) is 5.47. The van der Waals surface area contributed by atoms with Crippen molar-refractivity contribution in [2.75, 3.05) is 36.4 Å². The van der Waals surface area contributed by atoms with E-state index in [0.717, 1.165) is 43.9 Å². The van der Waals surface area contributed by atoms with Crippen LogP contribution in [0.3, 0.4) is 0 Å². The standard InChI is InChI=1S/C22H25N3O2/c26-21(23-18-7-2-1-3-8-18)16-25-15-17(19-9-4-5-10-20(19)25)12-14-24-13-6-11-22(24)27/h1-5,7-10,17H,6,11-16H2,(H,23,26). The molecule has 140 valence electrons. The molecule has 1 atom stereocenters. The van der Waals surface area contributed by atoms with Gasteiger partial charge in [0.1, 0.15) is 0 Å². The monoisotopic (exact) mass is 363 g/mol. The van der Waals surface area contributed by atoms with Crippen molar-refractivity contribution in [2.45, 2.75) is 25.2 Å². The number of para-hydroxylation sites is 2. The van der Waals surface area contributed by atoms with Gasteiger partial charge in [0.05, 0.1) is 6.54 Å². The normalized spacial score (nSPS) is 18.7. The molecule has 1 fully saturated rings. The Hall–Kier alpha value is -2.82. The highest BCUT2D eigenvalue weighted by Crippen LogP contribution is 2.38. The zero-order chi connectivity index (χ0) is 18.6. The lowest BCUT2D eigenvalue weighted by atomic mass is 9.98. The van der Waals surface area contributed by atoms with Gasteiger partial charge in [0.25, 0.3) is 0 Å². The molecule has 1 N–H and O–H groups in total. The first-order chi connectivity index (χ1) is 13.2. The maximum absolute atomic E-state index is 12.5. The number of hydrogen-bond acceptors (Lipinski definition) is 3. The second kappa shape index (κ2) is 7.82. The summed E-state index contributed by atoms with van der Waals surface area (Å²) in [6, 6.07) is 17.9. The number of carbonyl (C=O) groups excluding carboxylic acids is 2. The summed E-state index contributed by atoms with van der Waals surface area (Å²) in [5.41, 5.74) is 3.24. The van der Waals surface area contributed by atoms with Crippen molar-refractivity contribution in [3.05, 3.63) is 60.2 Å². The lowest BCUT2D eigenvalue weighted by molar-refractivity contribution is -0.127. The summed E-state index contributed by atoms with van der Waals surface area (Å²) >= 11 is 0. The number of benzene rings is 2. The molecule has 0 spiro atoms. The van der Waals surface area contributed by atoms with Gasteiger partial charge in [-0.1, -0.05) is 36.4 Å². The summed E-state index contributed by atoms with van der Waals surface area (Å²) in [5, 5.41) is 2.96. The zero-order valence-corrected chi connectivity index (χ0v) is 15.4. The van der Waals surface area contributed by atoms with Gasteiger partial charge in [-0.2, -0.15) is 0 Å². The lowest BCUT2D eigenvalue weighted by Gasteiger charge is -2.21. The lowest BCUT2D eigenvalue weighted by Crippen LogP contribution is -2.33. The van der Waals surface area contributed by atoms with E-state index in [9.17, 15) is 9.59 Å². The number of likely N-dealkylation sites (tertiary alicyclic amines) is 1. The van der Waals surface area contributed by atoms with Crippen LogP contribution in [-0.4, -0.2) is 42.9 Å². The van der Waals surface area contributed by atoms with E-state index < -0.39 is 0 Å². The smallest absolute Gasteiger partial charge is 0.243 e. The number of carbonyl (C=O) groups is 2. The number of nitrogens with zero attached hydrogens (tertiary/aromatic N) is 2. The predicted octanol–water partition coefficient (Wildman–Crippen LogP) is 3.24. The molecule has 0 aromatic heterocycles. The van der Waals surface area contributed by atoms with Crippen molar-refractivity contribution in [2.24, 2.45) is 0 Å². The molecule has 1 unspecified atom stereocenters. The molecule has 2 aliphatic rings. The molecule has 2 aromatic rings. The minimum atomic E-state index is -0.00799. The van der Waals surface area contributed by atoms with Gasteiger partial charge in [0.2, 0.25) is 11.8 Å². The van der Waals surface area contributed by atoms with Crippen LogP contribution < -0.4 is 10.2 Å². The summed E-state index contributed by atoms with van der Waals surface area (Å²) in [7, 11) is 0. The van der Waals surface area contributed by atoms with Crippen LogP contribution in [0.2, 0.25) is 0 Å². The highest BCUT2D eigenvalue weighted by atomic mass is 16.2. The molecule has 0 aliphatic carbocycles. The van der Waals surface area contributed by atoms with E-state index in [4.69, 9.17) is 0 Å². The number of nitrogens with one attached hydrogen (secondary N) is 1. The third kappa shape index (κ3) is 3.97. The van der Waals surface area contributed by atoms with Crippen LogP contribution in [0.15, 0.2) is 54.6 Å². The van der Waals surface area contributed by atoms with E-state index in [2.05, 4.69) is 28.4 Å². The Bertz CT molecular complexity index is 821. The van der Waals surface area contributed by atoms with Gasteiger partial charge in [-0.3, -0.25) is 9.59 Å². The Morgan fingerprint density at radius 2 is 1.81 bits per heavy atom. The second-order valence-corrected chi connectivity index (χ2v) is 7.32. The summed E-state index contributed by atoms with van der Waals surface area (Å²) in [5.74, 6) is 0.630. The summed E-state index contributed by atoms with van der Waals surface area (Å²) in [6.07, 6.45) is 2.61. The molecule has 1 saturated heterocycles. The number of anilines is 2. The molecule has 27 heavy (non-hydrogen) atoms. The maximum Gasteiger partial charge on any atom is 0.243 e. The van der Waals surface area contributed by atoms with Crippen molar-refractivity contribution in [1.29, 1.82) is 0 Å². The fourth-order valence-corrected chi connectivity index (χ4v) is 4.13. The minimum Gasteiger partial charge on any atom is -0.361 e. The molecule has 0 bridgehead atoms. The molecule has 2 heterocycles. The van der Waals surface area contributed by atoms with Gasteiger partial charge in [0, 0.05) is 43.3 Å². The van der Waals surface area contributed by atoms with Crippen molar-refractivity contribution in [3.63, 3.8) is 0 Å². The Labute approximate surface area is 160 Å². The summed E-state index contributed by atoms with van der Waals surface area (Å²) in [6.45, 7) is 2.85. The van der Waals surface area contributed by atoms with Gasteiger partial charge in [-0.25, -0.2) is 0 Å². The van der Waals surface area contributed by atoms with E-state index in [0.29, 0.717) is 18.9 Å². The van der Waals surface area contributed by atoms with Crippen LogP contribution in [0.25, 0.3) is 0 Å². The first kappa shape index (κ1) is 17.6. The fourth-order valence-electron chi connectivity index (χ4n) is 4.13. The van der Waals surface area contributed by atoms with E-state index in [1.54, 1.807) is 0 Å². The van der Waals surface area contributed by atoms with E-state index >= 15 is 0 Å². The number of fused-ring (bicyclic) bond motifs is 1. The molecule has 0 saturated carbocycles. The van der Waals surface area contributed by atoms with E-state index in [-0.39, 0.29) is 11.8 Å². The quantitative estimate of drug-likeness (QED) is 0.857. The number of hydrogen-bond donors (Lipinski definition) is 1. The van der Waals surface area contributed by atoms with Crippen molar-refractivity contribution < 1.29 is 9.59 Å².